The average molecular weight is 343 g/mol. The highest BCUT2D eigenvalue weighted by Gasteiger charge is 2.39. The molecule has 0 radical (unpaired) electrons. The maximum Gasteiger partial charge on any atom is 0.395 e. The number of halogens is 4. The summed E-state index contributed by atoms with van der Waals surface area (Å²) in [5, 5.41) is 0.589. The van der Waals surface area contributed by atoms with E-state index in [1.54, 1.807) is 37.3 Å². The van der Waals surface area contributed by atoms with E-state index in [2.05, 4.69) is 0 Å². The van der Waals surface area contributed by atoms with Crippen LogP contribution in [0.5, 0.6) is 0 Å². The first-order chi connectivity index (χ1) is 10.9. The number of benzene rings is 2. The highest BCUT2D eigenvalue weighted by Crippen LogP contribution is 2.39. The van der Waals surface area contributed by atoms with Crippen LogP contribution >= 0.6 is 11.6 Å². The lowest BCUT2D eigenvalue weighted by Gasteiger charge is -2.20. The number of rotatable bonds is 4. The Morgan fingerprint density at radius 2 is 1.52 bits per heavy atom. The highest BCUT2D eigenvalue weighted by atomic mass is 35.5. The second-order valence-electron chi connectivity index (χ2n) is 4.98. The van der Waals surface area contributed by atoms with Crippen LogP contribution < -0.4 is 0 Å². The number of hydrogen-bond donors (Lipinski definition) is 0. The fraction of sp³-hybridized carbons (Fsp3) is 0.368. The molecule has 2 aromatic rings. The van der Waals surface area contributed by atoms with Crippen molar-refractivity contribution in [1.29, 1.82) is 0 Å². The van der Waals surface area contributed by atoms with Gasteiger partial charge >= 0.3 is 6.18 Å². The van der Waals surface area contributed by atoms with Gasteiger partial charge in [0.15, 0.2) is 0 Å². The van der Waals surface area contributed by atoms with Gasteiger partial charge in [0.25, 0.3) is 0 Å². The first-order valence-electron chi connectivity index (χ1n) is 7.85. The van der Waals surface area contributed by atoms with Crippen LogP contribution in [0.15, 0.2) is 48.5 Å². The van der Waals surface area contributed by atoms with Crippen molar-refractivity contribution in [3.05, 3.63) is 59.1 Å². The molecule has 0 aliphatic heterocycles. The van der Waals surface area contributed by atoms with Gasteiger partial charge in [-0.1, -0.05) is 81.3 Å². The van der Waals surface area contributed by atoms with Gasteiger partial charge in [-0.15, -0.1) is 0 Å². The van der Waals surface area contributed by atoms with E-state index >= 15 is 0 Å². The molecule has 0 aromatic heterocycles. The minimum Gasteiger partial charge on any atom is -0.170 e. The van der Waals surface area contributed by atoms with E-state index in [4.69, 9.17) is 11.6 Å². The second-order valence-corrected chi connectivity index (χ2v) is 5.39. The summed E-state index contributed by atoms with van der Waals surface area (Å²) in [6, 6.07) is 13.8. The monoisotopic (exact) mass is 342 g/mol. The minimum atomic E-state index is -4.21. The minimum absolute atomic E-state index is 0.106. The van der Waals surface area contributed by atoms with Crippen LogP contribution in [0.2, 0.25) is 5.02 Å². The molecule has 0 spiro atoms. The molecule has 2 aromatic carbocycles. The van der Waals surface area contributed by atoms with Crippen LogP contribution in [0.4, 0.5) is 13.2 Å². The molecule has 0 saturated carbocycles. The van der Waals surface area contributed by atoms with E-state index in [-0.39, 0.29) is 6.42 Å². The lowest BCUT2D eigenvalue weighted by Crippen LogP contribution is -2.20. The van der Waals surface area contributed by atoms with Gasteiger partial charge in [0, 0.05) is 10.6 Å². The number of hydrogen-bond acceptors (Lipinski definition) is 0. The van der Waals surface area contributed by atoms with Gasteiger partial charge in [-0.25, -0.2) is 0 Å². The lowest BCUT2D eigenvalue weighted by molar-refractivity contribution is -0.152. The average Bonchev–Trinajstić information content (AvgIpc) is 2.54. The third-order valence-electron chi connectivity index (χ3n) is 3.47. The van der Waals surface area contributed by atoms with Crippen LogP contribution in [0.3, 0.4) is 0 Å². The fourth-order valence-corrected chi connectivity index (χ4v) is 2.64. The SMILES string of the molecule is CC.CCCC(c1ccc(-c2ccccc2Cl)cc1)C(F)(F)F. The molecule has 0 amide bonds. The Bertz CT molecular complexity index is 588. The predicted molar refractivity (Wildman–Crippen MR) is 91.9 cm³/mol. The summed E-state index contributed by atoms with van der Waals surface area (Å²) in [7, 11) is 0. The molecular formula is C19H22ClF3. The van der Waals surface area contributed by atoms with Crippen LogP contribution in [-0.2, 0) is 0 Å². The Hall–Kier alpha value is -1.48. The third-order valence-corrected chi connectivity index (χ3v) is 3.80. The zero-order chi connectivity index (χ0) is 17.5. The summed E-state index contributed by atoms with van der Waals surface area (Å²) >= 11 is 6.10. The smallest absolute Gasteiger partial charge is 0.170 e. The van der Waals surface area contributed by atoms with Gasteiger partial charge in [-0.05, 0) is 23.6 Å². The molecule has 0 fully saturated rings. The van der Waals surface area contributed by atoms with Crippen LogP contribution in [0.25, 0.3) is 11.1 Å². The standard InChI is InChI=1S/C17H16ClF3.C2H6/c1-2-5-15(17(19,20)21)13-10-8-12(9-11-13)14-6-3-4-7-16(14)18;1-2/h3-4,6-11,15H,2,5H2,1H3;1-2H3. The topological polar surface area (TPSA) is 0 Å². The summed E-state index contributed by atoms with van der Waals surface area (Å²) in [6.45, 7) is 5.76. The van der Waals surface area contributed by atoms with E-state index < -0.39 is 12.1 Å². The summed E-state index contributed by atoms with van der Waals surface area (Å²) in [6.07, 6.45) is -3.60. The zero-order valence-electron chi connectivity index (χ0n) is 13.6. The first-order valence-corrected chi connectivity index (χ1v) is 8.23. The van der Waals surface area contributed by atoms with Crippen molar-refractivity contribution in [2.75, 3.05) is 0 Å². The second kappa shape index (κ2) is 8.97. The lowest BCUT2D eigenvalue weighted by atomic mass is 9.92. The molecule has 23 heavy (non-hydrogen) atoms. The van der Waals surface area contributed by atoms with Crippen molar-refractivity contribution in [1.82, 2.24) is 0 Å². The van der Waals surface area contributed by atoms with Crippen LogP contribution in [0.1, 0.15) is 45.1 Å². The van der Waals surface area contributed by atoms with Gasteiger partial charge in [-0.2, -0.15) is 13.2 Å². The quantitative estimate of drug-likeness (QED) is 0.540. The Morgan fingerprint density at radius 1 is 0.957 bits per heavy atom. The van der Waals surface area contributed by atoms with Crippen molar-refractivity contribution < 1.29 is 13.2 Å². The summed E-state index contributed by atoms with van der Waals surface area (Å²) < 4.78 is 39.2. The molecule has 1 atom stereocenters. The molecule has 0 aliphatic rings. The Morgan fingerprint density at radius 3 is 2.00 bits per heavy atom. The largest absolute Gasteiger partial charge is 0.395 e. The summed E-state index contributed by atoms with van der Waals surface area (Å²) in [4.78, 5) is 0. The van der Waals surface area contributed by atoms with E-state index in [1.807, 2.05) is 32.0 Å². The van der Waals surface area contributed by atoms with Gasteiger partial charge in [0.1, 0.15) is 0 Å². The third kappa shape index (κ3) is 5.28. The summed E-state index contributed by atoms with van der Waals surface area (Å²) in [5.41, 5.74) is 1.95. The Balaban J connectivity index is 0.00000127. The van der Waals surface area contributed by atoms with Crippen molar-refractivity contribution in [3.63, 3.8) is 0 Å². The van der Waals surface area contributed by atoms with Gasteiger partial charge in [-0.3, -0.25) is 0 Å². The molecule has 4 heteroatoms. The molecular weight excluding hydrogens is 321 g/mol. The normalized spacial score (nSPS) is 12.3. The maximum absolute atomic E-state index is 13.1. The fourth-order valence-electron chi connectivity index (χ4n) is 2.40. The molecule has 0 nitrogen and oxygen atoms in total. The molecule has 0 saturated heterocycles. The van der Waals surface area contributed by atoms with Crippen LogP contribution in [0, 0.1) is 0 Å². The van der Waals surface area contributed by atoms with Crippen molar-refractivity contribution in [2.24, 2.45) is 0 Å². The predicted octanol–water partition coefficient (Wildman–Crippen LogP) is 7.48. The van der Waals surface area contributed by atoms with Crippen molar-refractivity contribution in [3.8, 4) is 11.1 Å². The molecule has 2 rings (SSSR count). The molecule has 1 unspecified atom stereocenters. The Labute approximate surface area is 141 Å². The molecule has 0 aliphatic carbocycles. The molecule has 126 valence electrons. The van der Waals surface area contributed by atoms with Gasteiger partial charge < -0.3 is 0 Å². The summed E-state index contributed by atoms with van der Waals surface area (Å²) in [5.74, 6) is -1.40. The van der Waals surface area contributed by atoms with E-state index in [1.165, 1.54) is 0 Å². The van der Waals surface area contributed by atoms with E-state index in [0.717, 1.165) is 11.1 Å². The van der Waals surface area contributed by atoms with Gasteiger partial charge in [0.2, 0.25) is 0 Å². The Kier molecular flexibility index (Phi) is 7.63. The zero-order valence-corrected chi connectivity index (χ0v) is 14.4. The van der Waals surface area contributed by atoms with Crippen LogP contribution in [-0.4, -0.2) is 6.18 Å². The van der Waals surface area contributed by atoms with E-state index in [9.17, 15) is 13.2 Å². The number of alkyl halides is 3. The maximum atomic E-state index is 13.1. The van der Waals surface area contributed by atoms with Gasteiger partial charge in [0.05, 0.1) is 5.92 Å². The van der Waals surface area contributed by atoms with Crippen molar-refractivity contribution >= 4 is 11.6 Å². The molecule has 0 bridgehead atoms. The highest BCUT2D eigenvalue weighted by molar-refractivity contribution is 6.33. The van der Waals surface area contributed by atoms with Crippen molar-refractivity contribution in [2.45, 2.75) is 45.7 Å². The molecule has 0 heterocycles. The van der Waals surface area contributed by atoms with E-state index in [0.29, 0.717) is 17.0 Å². The first kappa shape index (κ1) is 19.6. The molecule has 0 N–H and O–H groups in total.